The molecule has 0 aliphatic rings. The van der Waals surface area contributed by atoms with Crippen LogP contribution in [0, 0.1) is 19.7 Å². The Hall–Kier alpha value is -3.32. The molecule has 0 bridgehead atoms. The minimum atomic E-state index is -0.236. The van der Waals surface area contributed by atoms with Crippen LogP contribution >= 0.6 is 0 Å². The number of Topliss-reactive ketones (excluding diaryl/α,β-unsaturated/α-hetero) is 1. The van der Waals surface area contributed by atoms with E-state index < -0.39 is 0 Å². The van der Waals surface area contributed by atoms with Crippen LogP contribution in [0.25, 0.3) is 0 Å². The van der Waals surface area contributed by atoms with Gasteiger partial charge in [0, 0.05) is 35.6 Å². The maximum Gasteiger partial charge on any atom is 0.203 e. The van der Waals surface area contributed by atoms with Gasteiger partial charge in [-0.25, -0.2) is 4.39 Å². The summed E-state index contributed by atoms with van der Waals surface area (Å²) in [5.74, 6) is 1.55. The molecule has 0 atom stereocenters. The number of carbonyl (C=O) groups is 1. The largest absolute Gasteiger partial charge is 0.493 e. The van der Waals surface area contributed by atoms with Crippen molar-refractivity contribution in [3.63, 3.8) is 0 Å². The first-order valence-corrected chi connectivity index (χ1v) is 11.2. The lowest BCUT2D eigenvalue weighted by Crippen LogP contribution is -2.26. The van der Waals surface area contributed by atoms with E-state index in [1.165, 1.54) is 12.1 Å². The van der Waals surface area contributed by atoms with E-state index in [0.717, 1.165) is 41.0 Å². The number of methoxy groups -OCH3 is 3. The molecule has 182 valence electrons. The molecular weight excluding hydrogens is 435 g/mol. The zero-order chi connectivity index (χ0) is 24.8. The summed E-state index contributed by atoms with van der Waals surface area (Å²) < 4.78 is 31.7. The van der Waals surface area contributed by atoms with Gasteiger partial charge in [-0.2, -0.15) is 0 Å². The number of benzene rings is 2. The van der Waals surface area contributed by atoms with E-state index in [4.69, 9.17) is 14.2 Å². The molecule has 0 saturated heterocycles. The number of hydrogen-bond acceptors (Lipinski definition) is 5. The maximum atomic E-state index is 13.2. The van der Waals surface area contributed by atoms with Crippen molar-refractivity contribution < 1.29 is 23.4 Å². The highest BCUT2D eigenvalue weighted by atomic mass is 19.1. The fourth-order valence-corrected chi connectivity index (χ4v) is 4.28. The van der Waals surface area contributed by atoms with Gasteiger partial charge in [0.2, 0.25) is 5.75 Å². The first kappa shape index (κ1) is 25.3. The normalized spacial score (nSPS) is 11.1. The zero-order valence-corrected chi connectivity index (χ0v) is 20.8. The molecule has 0 N–H and O–H groups in total. The molecule has 3 aromatic rings. The average molecular weight is 469 g/mol. The highest BCUT2D eigenvalue weighted by molar-refractivity contribution is 5.99. The third-order valence-corrected chi connectivity index (χ3v) is 6.05. The molecule has 1 aromatic heterocycles. The van der Waals surface area contributed by atoms with Gasteiger partial charge in [-0.05, 0) is 57.1 Å². The standard InChI is InChI=1S/C27H33FN2O4/c1-18-15-23(19(2)30(18)14-13-20-7-10-22(28)11-8-20)24(31)17-29(3)16-21-9-12-25(32-4)27(34-6)26(21)33-5/h7-12,15H,13-14,16-17H2,1-6H3. The number of rotatable bonds is 11. The van der Waals surface area contributed by atoms with Crippen LogP contribution in [0.15, 0.2) is 42.5 Å². The number of ether oxygens (including phenoxy) is 3. The summed E-state index contributed by atoms with van der Waals surface area (Å²) in [5.41, 5.74) is 4.67. The van der Waals surface area contributed by atoms with Crippen LogP contribution < -0.4 is 14.2 Å². The molecule has 0 unspecified atom stereocenters. The van der Waals surface area contributed by atoms with Crippen molar-refractivity contribution in [1.29, 1.82) is 0 Å². The predicted octanol–water partition coefficient (Wildman–Crippen LogP) is 4.83. The van der Waals surface area contributed by atoms with E-state index >= 15 is 0 Å². The van der Waals surface area contributed by atoms with Crippen molar-refractivity contribution in [2.75, 3.05) is 34.9 Å². The van der Waals surface area contributed by atoms with Crippen molar-refractivity contribution in [2.45, 2.75) is 33.4 Å². The number of likely N-dealkylation sites (N-methyl/N-ethyl adjacent to an activating group) is 1. The van der Waals surface area contributed by atoms with Crippen LogP contribution in [0.1, 0.15) is 32.9 Å². The monoisotopic (exact) mass is 468 g/mol. The van der Waals surface area contributed by atoms with Crippen LogP contribution in [-0.4, -0.2) is 50.2 Å². The lowest BCUT2D eigenvalue weighted by molar-refractivity contribution is 0.0941. The number of hydrogen-bond donors (Lipinski definition) is 0. The maximum absolute atomic E-state index is 13.2. The van der Waals surface area contributed by atoms with E-state index in [1.807, 2.05) is 44.0 Å². The third kappa shape index (κ3) is 5.59. The van der Waals surface area contributed by atoms with Gasteiger partial charge in [0.05, 0.1) is 27.9 Å². The highest BCUT2D eigenvalue weighted by Crippen LogP contribution is 2.40. The molecule has 7 heteroatoms. The number of aromatic nitrogens is 1. The van der Waals surface area contributed by atoms with Gasteiger partial charge >= 0.3 is 0 Å². The van der Waals surface area contributed by atoms with Gasteiger partial charge < -0.3 is 18.8 Å². The van der Waals surface area contributed by atoms with Crippen LogP contribution in [0.2, 0.25) is 0 Å². The Morgan fingerprint density at radius 1 is 0.971 bits per heavy atom. The Balaban J connectivity index is 1.70. The first-order chi connectivity index (χ1) is 16.3. The fourth-order valence-electron chi connectivity index (χ4n) is 4.28. The SMILES string of the molecule is COc1ccc(CN(C)CC(=O)c2cc(C)n(CCc3ccc(F)cc3)c2C)c(OC)c1OC. The predicted molar refractivity (Wildman–Crippen MR) is 131 cm³/mol. The van der Waals surface area contributed by atoms with Crippen molar-refractivity contribution >= 4 is 5.78 Å². The van der Waals surface area contributed by atoms with Gasteiger partial charge in [-0.1, -0.05) is 18.2 Å². The van der Waals surface area contributed by atoms with E-state index in [0.29, 0.717) is 23.8 Å². The lowest BCUT2D eigenvalue weighted by atomic mass is 10.1. The van der Waals surface area contributed by atoms with E-state index in [1.54, 1.807) is 33.5 Å². The Kier molecular flexibility index (Phi) is 8.34. The average Bonchev–Trinajstić information content (AvgIpc) is 3.11. The van der Waals surface area contributed by atoms with Gasteiger partial charge in [-0.3, -0.25) is 9.69 Å². The molecular formula is C27H33FN2O4. The van der Waals surface area contributed by atoms with E-state index in [9.17, 15) is 9.18 Å². The van der Waals surface area contributed by atoms with Crippen LogP contribution in [-0.2, 0) is 19.5 Å². The zero-order valence-electron chi connectivity index (χ0n) is 20.8. The number of aryl methyl sites for hydroxylation is 2. The summed E-state index contributed by atoms with van der Waals surface area (Å²) in [7, 11) is 6.65. The summed E-state index contributed by atoms with van der Waals surface area (Å²) in [6.07, 6.45) is 0.767. The minimum Gasteiger partial charge on any atom is -0.493 e. The molecule has 0 spiro atoms. The van der Waals surface area contributed by atoms with Crippen LogP contribution in [0.4, 0.5) is 4.39 Å². The van der Waals surface area contributed by atoms with Gasteiger partial charge in [0.25, 0.3) is 0 Å². The number of nitrogens with zero attached hydrogens (tertiary/aromatic N) is 2. The molecule has 0 radical (unpaired) electrons. The summed E-state index contributed by atoms with van der Waals surface area (Å²) in [6.45, 7) is 5.49. The van der Waals surface area contributed by atoms with Gasteiger partial charge in [-0.15, -0.1) is 0 Å². The summed E-state index contributed by atoms with van der Waals surface area (Å²) in [6, 6.07) is 12.3. The minimum absolute atomic E-state index is 0.0584. The van der Waals surface area contributed by atoms with Gasteiger partial charge in [0.1, 0.15) is 5.82 Å². The second kappa shape index (κ2) is 11.2. The van der Waals surface area contributed by atoms with Crippen LogP contribution in [0.5, 0.6) is 17.2 Å². The van der Waals surface area contributed by atoms with Crippen LogP contribution in [0.3, 0.4) is 0 Å². The third-order valence-electron chi connectivity index (χ3n) is 6.05. The number of carbonyl (C=O) groups excluding carboxylic acids is 1. The lowest BCUT2D eigenvalue weighted by Gasteiger charge is -2.20. The number of halogens is 1. The Labute approximate surface area is 200 Å². The van der Waals surface area contributed by atoms with E-state index in [-0.39, 0.29) is 18.1 Å². The molecule has 0 amide bonds. The van der Waals surface area contributed by atoms with Crippen molar-refractivity contribution in [3.05, 3.63) is 76.4 Å². The molecule has 0 aliphatic heterocycles. The van der Waals surface area contributed by atoms with Crippen molar-refractivity contribution in [1.82, 2.24) is 9.47 Å². The van der Waals surface area contributed by atoms with Crippen molar-refractivity contribution in [3.8, 4) is 17.2 Å². The molecule has 34 heavy (non-hydrogen) atoms. The van der Waals surface area contributed by atoms with E-state index in [2.05, 4.69) is 4.57 Å². The fraction of sp³-hybridized carbons (Fsp3) is 0.370. The molecule has 6 nitrogen and oxygen atoms in total. The Morgan fingerprint density at radius 2 is 1.65 bits per heavy atom. The summed E-state index contributed by atoms with van der Waals surface area (Å²) in [4.78, 5) is 15.1. The molecule has 2 aromatic carbocycles. The second-order valence-corrected chi connectivity index (χ2v) is 8.40. The molecule has 0 saturated carbocycles. The molecule has 0 aliphatic carbocycles. The Morgan fingerprint density at radius 3 is 2.26 bits per heavy atom. The van der Waals surface area contributed by atoms with Crippen molar-refractivity contribution in [2.24, 2.45) is 0 Å². The first-order valence-electron chi connectivity index (χ1n) is 11.2. The molecule has 3 rings (SSSR count). The smallest absolute Gasteiger partial charge is 0.203 e. The topological polar surface area (TPSA) is 52.9 Å². The Bertz CT molecular complexity index is 1140. The number of ketones is 1. The molecule has 0 fully saturated rings. The second-order valence-electron chi connectivity index (χ2n) is 8.40. The highest BCUT2D eigenvalue weighted by Gasteiger charge is 2.20. The van der Waals surface area contributed by atoms with Gasteiger partial charge in [0.15, 0.2) is 17.3 Å². The molecule has 1 heterocycles. The quantitative estimate of drug-likeness (QED) is 0.378. The summed E-state index contributed by atoms with van der Waals surface area (Å²) in [5, 5.41) is 0. The summed E-state index contributed by atoms with van der Waals surface area (Å²) >= 11 is 0.